The SMILES string of the molecule is Cc1cc(C)c(S(=O)(=O)N[C@@H](CNC(=O)c2cn(CCCNC(=O)CCC(=O)NCCCOCCCNC(=O)CCC(=N)C(=O)NCCCOCCCNC(=O)CCC(=O)NCCCn3cc(C(=O)NC[C@H](NS(=O)(=O)c4c(C)cc(C)cc4C)C(=O)O)c(=O)c4ccc(CNc5ncc[nH]5)cc43)c3cc(CNc4ncc[nH]4)ccc3c2=O)C(=O)O)c(C)c1. The van der Waals surface area contributed by atoms with Gasteiger partial charge in [0.2, 0.25) is 60.4 Å². The molecule has 17 N–H and O–H groups in total. The Balaban J connectivity index is 0.631. The van der Waals surface area contributed by atoms with Gasteiger partial charge in [0.05, 0.1) is 26.5 Å². The number of aromatic amines is 2. The molecule has 0 aliphatic carbocycles. The molecule has 0 aliphatic heterocycles. The number of aromatic nitrogens is 6. The van der Waals surface area contributed by atoms with Crippen LogP contribution in [0.5, 0.6) is 0 Å². The minimum absolute atomic E-state index is 0.0768. The van der Waals surface area contributed by atoms with Crippen molar-refractivity contribution < 1.29 is 84.5 Å². The number of carbonyl (C=O) groups is 10. The number of fused-ring (bicyclic) bond motifs is 2. The lowest BCUT2D eigenvalue weighted by Crippen LogP contribution is -2.49. The zero-order valence-corrected chi connectivity index (χ0v) is 71.7. The van der Waals surface area contributed by atoms with E-state index in [2.05, 4.69) is 82.5 Å². The second-order valence-corrected chi connectivity index (χ2v) is 32.9. The maximum atomic E-state index is 13.9. The highest BCUT2D eigenvalue weighted by Crippen LogP contribution is 2.25. The zero-order chi connectivity index (χ0) is 90.0. The number of imidazole rings is 2. The largest absolute Gasteiger partial charge is 0.480 e. The van der Waals surface area contributed by atoms with Crippen LogP contribution in [0, 0.1) is 47.0 Å². The third-order valence-corrected chi connectivity index (χ3v) is 23.1. The molecule has 0 unspecified atom stereocenters. The van der Waals surface area contributed by atoms with Gasteiger partial charge in [-0.3, -0.25) is 62.9 Å². The molecule has 8 rings (SSSR count). The molecule has 0 saturated heterocycles. The monoisotopic (exact) mass is 1760 g/mol. The molecule has 8 amide bonds. The van der Waals surface area contributed by atoms with Crippen molar-refractivity contribution in [3.05, 3.63) is 174 Å². The van der Waals surface area contributed by atoms with E-state index in [1.54, 1.807) is 136 Å². The van der Waals surface area contributed by atoms with Crippen molar-refractivity contribution in [2.45, 2.75) is 167 Å². The van der Waals surface area contributed by atoms with E-state index < -0.39 is 91.6 Å². The number of pyridine rings is 2. The van der Waals surface area contributed by atoms with Crippen LogP contribution in [0.15, 0.2) is 117 Å². The Bertz CT molecular complexity index is 5460. The summed E-state index contributed by atoms with van der Waals surface area (Å²) >= 11 is 0. The summed E-state index contributed by atoms with van der Waals surface area (Å²) in [5.41, 5.74) is 3.43. The van der Waals surface area contributed by atoms with E-state index in [1.807, 2.05) is 0 Å². The third-order valence-electron chi connectivity index (χ3n) is 19.5. The molecule has 4 aromatic carbocycles. The van der Waals surface area contributed by atoms with Crippen molar-refractivity contribution in [1.82, 2.24) is 81.0 Å². The average Bonchev–Trinajstić information content (AvgIpc) is 1.04. The molecule has 668 valence electrons. The van der Waals surface area contributed by atoms with Gasteiger partial charge < -0.3 is 92.0 Å². The lowest BCUT2D eigenvalue weighted by Gasteiger charge is -2.19. The Morgan fingerprint density at radius 2 is 0.782 bits per heavy atom. The number of carboxylic acid groups (broad SMARTS) is 2. The predicted octanol–water partition coefficient (Wildman–Crippen LogP) is 3.29. The van der Waals surface area contributed by atoms with E-state index >= 15 is 0 Å². The Morgan fingerprint density at radius 3 is 1.11 bits per heavy atom. The van der Waals surface area contributed by atoms with Gasteiger partial charge in [-0.25, -0.2) is 26.8 Å². The number of rotatable bonds is 54. The molecular formula is C83H109N19O20S2. The van der Waals surface area contributed by atoms with E-state index in [4.69, 9.17) is 14.9 Å². The summed E-state index contributed by atoms with van der Waals surface area (Å²) in [5.74, 6) is -6.43. The van der Waals surface area contributed by atoms with Gasteiger partial charge in [-0.2, -0.15) is 9.44 Å². The first-order valence-electron chi connectivity index (χ1n) is 40.5. The normalized spacial score (nSPS) is 11.9. The molecule has 0 aliphatic rings. The fraction of sp³-hybridized carbons (Fsp3) is 0.434. The number of benzene rings is 4. The fourth-order valence-corrected chi connectivity index (χ4v) is 16.9. The fourth-order valence-electron chi connectivity index (χ4n) is 13.6. The van der Waals surface area contributed by atoms with Crippen LogP contribution in [0.4, 0.5) is 11.9 Å². The van der Waals surface area contributed by atoms with Gasteiger partial charge in [-0.05, 0) is 138 Å². The second-order valence-electron chi connectivity index (χ2n) is 29.6. The number of aliphatic carboxylic acids is 2. The molecule has 124 heavy (non-hydrogen) atoms. The lowest BCUT2D eigenvalue weighted by atomic mass is 10.1. The van der Waals surface area contributed by atoms with Gasteiger partial charge in [0, 0.05) is 191 Å². The number of anilines is 2. The summed E-state index contributed by atoms with van der Waals surface area (Å²) in [7, 11) is -8.75. The first-order valence-corrected chi connectivity index (χ1v) is 43.5. The van der Waals surface area contributed by atoms with Crippen LogP contribution in [0.3, 0.4) is 0 Å². The molecule has 0 spiro atoms. The molecule has 41 heteroatoms. The van der Waals surface area contributed by atoms with Gasteiger partial charge in [0.25, 0.3) is 17.7 Å². The Morgan fingerprint density at radius 1 is 0.452 bits per heavy atom. The van der Waals surface area contributed by atoms with Crippen molar-refractivity contribution in [2.75, 3.05) is 89.4 Å². The standard InChI is InChI=1S/C83H109N19O20S2/c1-51-39-53(3)75(54(4)40-51)123(117,118)99-64(80(113)114)47-95-77(110)61-49-101(66-43-57(13-15-59(66)73(61)108)45-97-82-91-29-30-92-82)33-7-23-85-69(104)19-21-71(106)88-26-10-36-121-35-9-25-87-68(103)18-17-63(84)79(112)90-28-12-38-122-37-11-27-89-72(107)22-20-70(105)86-24-8-34-102-50-62(74(109)60-16-14-58(44-67(60)102)46-98-83-93-31-32-94-83)78(111)96-48-65(81(115)116)100-124(119,120)76-55(5)41-52(2)42-56(76)6/h13-16,29-32,39-44,49-50,64-65,84,99-100H,7-12,17-28,33-38,45-48H2,1-6H3,(H,85,104)(H,86,105)(H,87,103)(H,88,106)(H,89,107)(H,90,112)(H,95,110)(H,96,111)(H,113,114)(H,115,116)(H2,91,92,97)(H2,93,94,98)/t64-,65-/m0/s1. The van der Waals surface area contributed by atoms with Crippen LogP contribution in [0.1, 0.15) is 142 Å². The summed E-state index contributed by atoms with van der Waals surface area (Å²) < 4.78 is 72.7. The van der Waals surface area contributed by atoms with Gasteiger partial charge in [0.15, 0.2) is 11.9 Å². The minimum atomic E-state index is -4.37. The number of H-pyrrole nitrogens is 2. The predicted molar refractivity (Wildman–Crippen MR) is 461 cm³/mol. The van der Waals surface area contributed by atoms with Gasteiger partial charge in [0.1, 0.15) is 23.2 Å². The van der Waals surface area contributed by atoms with E-state index in [1.165, 1.54) is 12.4 Å². The molecule has 0 radical (unpaired) electrons. The molecular weight excluding hydrogens is 1650 g/mol. The number of amides is 8. The maximum Gasteiger partial charge on any atom is 0.323 e. The van der Waals surface area contributed by atoms with Crippen LogP contribution < -0.4 is 73.5 Å². The minimum Gasteiger partial charge on any atom is -0.480 e. The second kappa shape index (κ2) is 47.7. The number of carbonyl (C=O) groups excluding carboxylic acids is 8. The van der Waals surface area contributed by atoms with Crippen molar-refractivity contribution in [2.24, 2.45) is 0 Å². The number of aryl methyl sites for hydroxylation is 8. The molecule has 39 nitrogen and oxygen atoms in total. The summed E-state index contributed by atoms with van der Waals surface area (Å²) in [4.78, 5) is 170. The number of hydrogen-bond donors (Lipinski definition) is 17. The average molecular weight is 1760 g/mol. The summed E-state index contributed by atoms with van der Waals surface area (Å²) in [6.45, 7) is 12.1. The Labute approximate surface area is 716 Å². The highest BCUT2D eigenvalue weighted by molar-refractivity contribution is 7.90. The third kappa shape index (κ3) is 30.2. The lowest BCUT2D eigenvalue weighted by molar-refractivity contribution is -0.139. The first-order chi connectivity index (χ1) is 59.2. The summed E-state index contributed by atoms with van der Waals surface area (Å²) in [6, 6.07) is 13.1. The van der Waals surface area contributed by atoms with Crippen LogP contribution in [-0.2, 0) is 94.1 Å². The first kappa shape index (κ1) is 96.9. The van der Waals surface area contributed by atoms with Gasteiger partial charge in [-0.1, -0.05) is 47.5 Å². The number of ether oxygens (including phenoxy) is 2. The van der Waals surface area contributed by atoms with E-state index in [9.17, 15) is 84.6 Å². The summed E-state index contributed by atoms with van der Waals surface area (Å²) in [6.07, 6.45) is 11.1. The highest BCUT2D eigenvalue weighted by atomic mass is 32.2. The van der Waals surface area contributed by atoms with Crippen LogP contribution in [0.2, 0.25) is 0 Å². The Kier molecular flexibility index (Phi) is 37.3. The molecule has 8 aromatic rings. The number of hydrogen-bond acceptors (Lipinski definition) is 23. The van der Waals surface area contributed by atoms with Gasteiger partial charge in [-0.15, -0.1) is 0 Å². The zero-order valence-electron chi connectivity index (χ0n) is 70.0. The number of carboxylic acids is 2. The van der Waals surface area contributed by atoms with Crippen molar-refractivity contribution in [3.63, 3.8) is 0 Å². The molecule has 4 heterocycles. The number of nitrogens with zero attached hydrogens (tertiary/aromatic N) is 4. The van der Waals surface area contributed by atoms with Crippen molar-refractivity contribution >= 4 is 119 Å². The van der Waals surface area contributed by atoms with E-state index in [0.717, 1.165) is 22.3 Å². The van der Waals surface area contributed by atoms with Crippen LogP contribution in [0.25, 0.3) is 21.8 Å². The van der Waals surface area contributed by atoms with Crippen LogP contribution in [-0.4, -0.2) is 212 Å². The van der Waals surface area contributed by atoms with Crippen molar-refractivity contribution in [3.8, 4) is 0 Å². The number of nitrogens with one attached hydrogen (secondary N) is 15. The molecule has 0 bridgehead atoms. The van der Waals surface area contributed by atoms with Crippen molar-refractivity contribution in [1.29, 1.82) is 5.41 Å². The van der Waals surface area contributed by atoms with Gasteiger partial charge >= 0.3 is 11.9 Å². The summed E-state index contributed by atoms with van der Waals surface area (Å²) in [5, 5.41) is 56.1. The Hall–Kier alpha value is -12.6. The maximum absolute atomic E-state index is 13.9. The quantitative estimate of drug-likeness (QED) is 0.0192. The topological polar surface area (TPSA) is 567 Å². The smallest absolute Gasteiger partial charge is 0.323 e. The molecule has 0 fully saturated rings. The number of sulfonamides is 2. The highest BCUT2D eigenvalue weighted by Gasteiger charge is 2.32. The van der Waals surface area contributed by atoms with E-state index in [-0.39, 0.29) is 152 Å². The molecule has 4 aromatic heterocycles. The van der Waals surface area contributed by atoms with E-state index in [0.29, 0.717) is 123 Å². The molecule has 2 atom stereocenters. The van der Waals surface area contributed by atoms with Crippen LogP contribution >= 0.6 is 0 Å². The molecule has 0 saturated carbocycles.